The van der Waals surface area contributed by atoms with Crippen molar-refractivity contribution in [1.82, 2.24) is 0 Å². The molecule has 0 amide bonds. The highest BCUT2D eigenvalue weighted by Gasteiger charge is 2.47. The Hall–Kier alpha value is -2.13. The molecule has 2 aromatic rings. The Morgan fingerprint density at radius 2 is 1.58 bits per heavy atom. The third kappa shape index (κ3) is 2.96. The molecule has 4 atom stereocenters. The predicted molar refractivity (Wildman–Crippen MR) is 94.9 cm³/mol. The number of ether oxygens (including phenoxy) is 1. The van der Waals surface area contributed by atoms with E-state index in [0.717, 1.165) is 30.5 Å². The van der Waals surface area contributed by atoms with Gasteiger partial charge in [0.15, 0.2) is 5.78 Å². The number of carbonyl (C=O) groups is 1. The molecule has 1 heterocycles. The number of fused-ring (bicyclic) bond motifs is 1. The van der Waals surface area contributed by atoms with E-state index >= 15 is 0 Å². The minimum Gasteiger partial charge on any atom is -0.375 e. The molecule has 1 aliphatic heterocycles. The van der Waals surface area contributed by atoms with Crippen LogP contribution in [0.2, 0.25) is 0 Å². The second-order valence-electron chi connectivity index (χ2n) is 6.79. The van der Waals surface area contributed by atoms with Crippen molar-refractivity contribution in [3.63, 3.8) is 0 Å². The summed E-state index contributed by atoms with van der Waals surface area (Å²) in [4.78, 5) is 13.0. The Morgan fingerprint density at radius 3 is 2.29 bits per heavy atom. The molecule has 1 saturated heterocycles. The summed E-state index contributed by atoms with van der Waals surface area (Å²) in [6, 6.07) is 20.1. The van der Waals surface area contributed by atoms with Gasteiger partial charge in [-0.1, -0.05) is 61.4 Å². The van der Waals surface area contributed by atoms with Crippen LogP contribution in [-0.4, -0.2) is 18.0 Å². The molecule has 1 N–H and O–H groups in total. The van der Waals surface area contributed by atoms with Gasteiger partial charge < -0.3 is 10.1 Å². The summed E-state index contributed by atoms with van der Waals surface area (Å²) >= 11 is 0. The van der Waals surface area contributed by atoms with Gasteiger partial charge in [-0.3, -0.25) is 4.79 Å². The molecule has 2 aromatic carbocycles. The molecule has 1 saturated carbocycles. The summed E-state index contributed by atoms with van der Waals surface area (Å²) in [5.74, 6) is 0.365. The predicted octanol–water partition coefficient (Wildman–Crippen LogP) is 4.37. The summed E-state index contributed by atoms with van der Waals surface area (Å²) in [5.41, 5.74) is 2.11. The average molecular weight is 321 g/mol. The van der Waals surface area contributed by atoms with Crippen molar-refractivity contribution in [3.05, 3.63) is 66.2 Å². The number of benzene rings is 2. The Bertz CT molecular complexity index is 685. The van der Waals surface area contributed by atoms with Gasteiger partial charge in [-0.25, -0.2) is 0 Å². The number of para-hydroxylation sites is 1. The largest absolute Gasteiger partial charge is 0.375 e. The first-order valence-electron chi connectivity index (χ1n) is 8.88. The van der Waals surface area contributed by atoms with Crippen molar-refractivity contribution in [2.45, 2.75) is 43.9 Å². The molecule has 0 radical (unpaired) electrons. The SMILES string of the molecule is O=C1[C@@H]2CCCC[C@@H]2O[C@@H]1[C@@H](Nc1ccccc1)c1ccccc1. The molecule has 1 aliphatic carbocycles. The van der Waals surface area contributed by atoms with Crippen molar-refractivity contribution in [3.8, 4) is 0 Å². The average Bonchev–Trinajstić information content (AvgIpc) is 2.98. The van der Waals surface area contributed by atoms with Crippen LogP contribution in [0, 0.1) is 5.92 Å². The van der Waals surface area contributed by atoms with Gasteiger partial charge >= 0.3 is 0 Å². The summed E-state index contributed by atoms with van der Waals surface area (Å²) < 4.78 is 6.25. The third-order valence-corrected chi connectivity index (χ3v) is 5.23. The number of ketones is 1. The zero-order valence-electron chi connectivity index (χ0n) is 13.7. The van der Waals surface area contributed by atoms with Crippen molar-refractivity contribution in [2.24, 2.45) is 5.92 Å². The quantitative estimate of drug-likeness (QED) is 0.909. The molecular formula is C21H23NO2. The minimum atomic E-state index is -0.402. The molecule has 2 fully saturated rings. The fourth-order valence-corrected chi connectivity index (χ4v) is 4.00. The molecule has 3 nitrogen and oxygen atoms in total. The number of anilines is 1. The maximum Gasteiger partial charge on any atom is 0.169 e. The van der Waals surface area contributed by atoms with Gasteiger partial charge in [0.25, 0.3) is 0 Å². The van der Waals surface area contributed by atoms with Crippen molar-refractivity contribution < 1.29 is 9.53 Å². The van der Waals surface area contributed by atoms with E-state index in [0.29, 0.717) is 0 Å². The molecule has 0 aromatic heterocycles. The van der Waals surface area contributed by atoms with Crippen LogP contribution >= 0.6 is 0 Å². The maximum absolute atomic E-state index is 13.0. The van der Waals surface area contributed by atoms with Gasteiger partial charge in [-0.15, -0.1) is 0 Å². The molecule has 24 heavy (non-hydrogen) atoms. The van der Waals surface area contributed by atoms with Gasteiger partial charge in [-0.05, 0) is 30.5 Å². The second-order valence-corrected chi connectivity index (χ2v) is 6.79. The van der Waals surface area contributed by atoms with E-state index in [1.165, 1.54) is 6.42 Å². The van der Waals surface area contributed by atoms with Gasteiger partial charge in [0, 0.05) is 11.6 Å². The van der Waals surface area contributed by atoms with Gasteiger partial charge in [0.1, 0.15) is 6.10 Å². The third-order valence-electron chi connectivity index (χ3n) is 5.23. The van der Waals surface area contributed by atoms with Crippen LogP contribution in [0.15, 0.2) is 60.7 Å². The monoisotopic (exact) mass is 321 g/mol. The molecule has 124 valence electrons. The van der Waals surface area contributed by atoms with Gasteiger partial charge in [-0.2, -0.15) is 0 Å². The molecule has 3 heteroatoms. The summed E-state index contributed by atoms with van der Waals surface area (Å²) in [5, 5.41) is 3.53. The lowest BCUT2D eigenvalue weighted by molar-refractivity contribution is -0.125. The number of nitrogens with one attached hydrogen (secondary N) is 1. The highest BCUT2D eigenvalue weighted by molar-refractivity contribution is 5.89. The molecule has 0 unspecified atom stereocenters. The van der Waals surface area contributed by atoms with Gasteiger partial charge in [0.2, 0.25) is 0 Å². The topological polar surface area (TPSA) is 38.3 Å². The molecule has 0 spiro atoms. The van der Waals surface area contributed by atoms with E-state index in [9.17, 15) is 4.79 Å². The Labute approximate surface area is 143 Å². The first kappa shape index (κ1) is 15.4. The van der Waals surface area contributed by atoms with E-state index in [1.807, 2.05) is 48.5 Å². The summed E-state index contributed by atoms with van der Waals surface area (Å²) in [6.07, 6.45) is 4.02. The zero-order valence-corrected chi connectivity index (χ0v) is 13.7. The first-order chi connectivity index (χ1) is 11.8. The lowest BCUT2D eigenvalue weighted by atomic mass is 9.83. The van der Waals surface area contributed by atoms with Gasteiger partial charge in [0.05, 0.1) is 12.1 Å². The fraction of sp³-hybridized carbons (Fsp3) is 0.381. The fourth-order valence-electron chi connectivity index (χ4n) is 4.00. The maximum atomic E-state index is 13.0. The first-order valence-corrected chi connectivity index (χ1v) is 8.88. The van der Waals surface area contributed by atoms with Crippen LogP contribution in [-0.2, 0) is 9.53 Å². The Balaban J connectivity index is 1.64. The van der Waals surface area contributed by atoms with Crippen molar-refractivity contribution >= 4 is 11.5 Å². The second kappa shape index (κ2) is 6.78. The van der Waals surface area contributed by atoms with E-state index in [1.54, 1.807) is 0 Å². The number of Topliss-reactive ketones (excluding diaryl/α,β-unsaturated/α-hetero) is 1. The number of hydrogen-bond donors (Lipinski definition) is 1. The lowest BCUT2D eigenvalue weighted by Gasteiger charge is -2.25. The normalized spacial score (nSPS) is 27.5. The summed E-state index contributed by atoms with van der Waals surface area (Å²) in [7, 11) is 0. The minimum absolute atomic E-state index is 0.0903. The molecule has 4 rings (SSSR count). The lowest BCUT2D eigenvalue weighted by Crippen LogP contribution is -2.32. The van der Waals surface area contributed by atoms with E-state index < -0.39 is 6.10 Å². The van der Waals surface area contributed by atoms with Crippen LogP contribution in [0.3, 0.4) is 0 Å². The van der Waals surface area contributed by atoms with Crippen LogP contribution in [0.4, 0.5) is 5.69 Å². The Morgan fingerprint density at radius 1 is 0.917 bits per heavy atom. The number of hydrogen-bond acceptors (Lipinski definition) is 3. The van der Waals surface area contributed by atoms with Crippen LogP contribution in [0.5, 0.6) is 0 Å². The smallest absolute Gasteiger partial charge is 0.169 e. The van der Waals surface area contributed by atoms with Crippen LogP contribution in [0.1, 0.15) is 37.3 Å². The van der Waals surface area contributed by atoms with Crippen molar-refractivity contribution in [1.29, 1.82) is 0 Å². The van der Waals surface area contributed by atoms with Crippen LogP contribution in [0.25, 0.3) is 0 Å². The molecule has 2 aliphatic rings. The number of rotatable bonds is 4. The van der Waals surface area contributed by atoms with Crippen molar-refractivity contribution in [2.75, 3.05) is 5.32 Å². The van der Waals surface area contributed by atoms with E-state index in [-0.39, 0.29) is 23.8 Å². The Kier molecular flexibility index (Phi) is 4.35. The number of carbonyl (C=O) groups excluding carboxylic acids is 1. The van der Waals surface area contributed by atoms with Crippen LogP contribution < -0.4 is 5.32 Å². The molecular weight excluding hydrogens is 298 g/mol. The molecule has 0 bridgehead atoms. The standard InChI is InChI=1S/C21H23NO2/c23-20-17-13-7-8-14-18(17)24-21(20)19(15-9-3-1-4-10-15)22-16-11-5-2-6-12-16/h1-6,9-12,17-19,21-22H,7-8,13-14H2/t17-,18+,19+,21-/m1/s1. The van der Waals surface area contributed by atoms with E-state index in [4.69, 9.17) is 4.74 Å². The highest BCUT2D eigenvalue weighted by atomic mass is 16.5. The highest BCUT2D eigenvalue weighted by Crippen LogP contribution is 2.40. The zero-order chi connectivity index (χ0) is 16.4. The van der Waals surface area contributed by atoms with E-state index in [2.05, 4.69) is 17.4 Å². The summed E-state index contributed by atoms with van der Waals surface area (Å²) in [6.45, 7) is 0.